The van der Waals surface area contributed by atoms with Crippen LogP contribution in [0, 0.1) is 23.2 Å². The Morgan fingerprint density at radius 1 is 0.917 bits per heavy atom. The van der Waals surface area contributed by atoms with Gasteiger partial charge in [0.1, 0.15) is 6.61 Å². The lowest BCUT2D eigenvalue weighted by Crippen LogP contribution is -2.55. The van der Waals surface area contributed by atoms with Crippen molar-refractivity contribution in [3.63, 3.8) is 0 Å². The predicted octanol–water partition coefficient (Wildman–Crippen LogP) is 1.91. The molecule has 0 atom stereocenters. The molecular formula is C19H30N2O3. The third-order valence-corrected chi connectivity index (χ3v) is 6.90. The molecule has 1 saturated heterocycles. The first-order valence-corrected chi connectivity index (χ1v) is 9.66. The predicted molar refractivity (Wildman–Crippen MR) is 90.3 cm³/mol. The van der Waals surface area contributed by atoms with Gasteiger partial charge in [-0.1, -0.05) is 0 Å². The smallest absolute Gasteiger partial charge is 0.248 e. The van der Waals surface area contributed by atoms with Crippen molar-refractivity contribution >= 4 is 11.8 Å². The van der Waals surface area contributed by atoms with Gasteiger partial charge < -0.3 is 14.5 Å². The number of nitrogens with zero attached hydrogens (tertiary/aromatic N) is 2. The van der Waals surface area contributed by atoms with Crippen LogP contribution in [0.2, 0.25) is 0 Å². The molecule has 5 heteroatoms. The molecule has 5 rings (SSSR count). The lowest BCUT2D eigenvalue weighted by atomic mass is 9.49. The largest absolute Gasteiger partial charge is 0.375 e. The van der Waals surface area contributed by atoms with E-state index in [9.17, 15) is 9.59 Å². The molecule has 4 aliphatic carbocycles. The number of amides is 2. The number of carbonyl (C=O) groups excluding carboxylic acids is 2. The maximum Gasteiger partial charge on any atom is 0.248 e. The maximum absolute atomic E-state index is 13.4. The van der Waals surface area contributed by atoms with Crippen molar-refractivity contribution < 1.29 is 14.3 Å². The highest BCUT2D eigenvalue weighted by molar-refractivity contribution is 5.83. The summed E-state index contributed by atoms with van der Waals surface area (Å²) in [4.78, 5) is 29.4. The van der Waals surface area contributed by atoms with Gasteiger partial charge in [0.25, 0.3) is 0 Å². The number of carbonyl (C=O) groups is 2. The number of methoxy groups -OCH3 is 1. The van der Waals surface area contributed by atoms with Gasteiger partial charge in [0.05, 0.1) is 5.41 Å². The molecule has 2 amide bonds. The minimum Gasteiger partial charge on any atom is -0.375 e. The van der Waals surface area contributed by atoms with Gasteiger partial charge >= 0.3 is 0 Å². The van der Waals surface area contributed by atoms with Crippen molar-refractivity contribution in [3.8, 4) is 0 Å². The zero-order chi connectivity index (χ0) is 16.7. The third-order valence-electron chi connectivity index (χ3n) is 6.90. The highest BCUT2D eigenvalue weighted by atomic mass is 16.5. The van der Waals surface area contributed by atoms with Crippen LogP contribution in [0.5, 0.6) is 0 Å². The van der Waals surface area contributed by atoms with E-state index in [1.54, 1.807) is 7.11 Å². The summed E-state index contributed by atoms with van der Waals surface area (Å²) >= 11 is 0. The molecule has 1 aliphatic heterocycles. The SMILES string of the molecule is COCC(=O)N1CCCN(C(=O)C23CC4CC(CC(C4)C2)C3)CC1. The van der Waals surface area contributed by atoms with Crippen LogP contribution in [0.15, 0.2) is 0 Å². The molecule has 5 fully saturated rings. The molecular weight excluding hydrogens is 304 g/mol. The van der Waals surface area contributed by atoms with Crippen molar-refractivity contribution in [2.24, 2.45) is 23.2 Å². The first-order chi connectivity index (χ1) is 11.6. The van der Waals surface area contributed by atoms with Crippen LogP contribution < -0.4 is 0 Å². The Bertz CT molecular complexity index is 483. The normalized spacial score (nSPS) is 38.3. The molecule has 0 spiro atoms. The van der Waals surface area contributed by atoms with Gasteiger partial charge in [-0.3, -0.25) is 9.59 Å². The molecule has 134 valence electrons. The van der Waals surface area contributed by atoms with Crippen molar-refractivity contribution in [1.29, 1.82) is 0 Å². The highest BCUT2D eigenvalue weighted by Gasteiger charge is 2.55. The third kappa shape index (κ3) is 2.85. The zero-order valence-electron chi connectivity index (χ0n) is 14.8. The van der Waals surface area contributed by atoms with Crippen LogP contribution in [0.4, 0.5) is 0 Å². The van der Waals surface area contributed by atoms with E-state index < -0.39 is 0 Å². The van der Waals surface area contributed by atoms with Crippen LogP contribution in [0.1, 0.15) is 44.9 Å². The molecule has 4 saturated carbocycles. The summed E-state index contributed by atoms with van der Waals surface area (Å²) in [5, 5.41) is 0. The van der Waals surface area contributed by atoms with Gasteiger partial charge in [-0.25, -0.2) is 0 Å². The van der Waals surface area contributed by atoms with Crippen LogP contribution in [-0.2, 0) is 14.3 Å². The van der Waals surface area contributed by atoms with Gasteiger partial charge in [0.2, 0.25) is 11.8 Å². The number of hydrogen-bond acceptors (Lipinski definition) is 3. The average molecular weight is 334 g/mol. The molecule has 1 heterocycles. The summed E-state index contributed by atoms with van der Waals surface area (Å²) in [5.41, 5.74) is -0.0551. The Morgan fingerprint density at radius 3 is 2.04 bits per heavy atom. The van der Waals surface area contributed by atoms with Crippen molar-refractivity contribution in [3.05, 3.63) is 0 Å². The van der Waals surface area contributed by atoms with Gasteiger partial charge in [-0.05, 0) is 62.7 Å². The van der Waals surface area contributed by atoms with Crippen LogP contribution in [-0.4, -0.2) is 61.5 Å². The Labute approximate surface area is 144 Å². The van der Waals surface area contributed by atoms with E-state index in [2.05, 4.69) is 4.90 Å². The maximum atomic E-state index is 13.4. The summed E-state index contributed by atoms with van der Waals surface area (Å²) < 4.78 is 4.96. The van der Waals surface area contributed by atoms with Gasteiger partial charge in [-0.15, -0.1) is 0 Å². The molecule has 0 radical (unpaired) electrons. The van der Waals surface area contributed by atoms with Crippen molar-refractivity contribution in [2.75, 3.05) is 39.9 Å². The lowest BCUT2D eigenvalue weighted by molar-refractivity contribution is -0.157. The Kier molecular flexibility index (Phi) is 4.31. The Morgan fingerprint density at radius 2 is 1.46 bits per heavy atom. The highest BCUT2D eigenvalue weighted by Crippen LogP contribution is 2.60. The van der Waals surface area contributed by atoms with Crippen molar-refractivity contribution in [2.45, 2.75) is 44.9 Å². The molecule has 0 unspecified atom stereocenters. The van der Waals surface area contributed by atoms with Gasteiger partial charge in [0.15, 0.2) is 0 Å². The quantitative estimate of drug-likeness (QED) is 0.792. The van der Waals surface area contributed by atoms with E-state index in [-0.39, 0.29) is 17.9 Å². The summed E-state index contributed by atoms with van der Waals surface area (Å²) in [7, 11) is 1.55. The first kappa shape index (κ1) is 16.4. The topological polar surface area (TPSA) is 49.9 Å². The lowest BCUT2D eigenvalue weighted by Gasteiger charge is -2.56. The Hall–Kier alpha value is -1.10. The Balaban J connectivity index is 1.43. The number of rotatable bonds is 3. The standard InChI is InChI=1S/C19H30N2O3/c1-24-13-17(22)20-3-2-4-21(6-5-20)18(23)19-10-14-7-15(11-19)9-16(8-14)12-19/h14-16H,2-13H2,1H3. The van der Waals surface area contributed by atoms with Crippen molar-refractivity contribution in [1.82, 2.24) is 9.80 Å². The minimum atomic E-state index is -0.0551. The average Bonchev–Trinajstić information content (AvgIpc) is 2.79. The fourth-order valence-corrected chi connectivity index (χ4v) is 6.29. The van der Waals surface area contributed by atoms with E-state index >= 15 is 0 Å². The first-order valence-electron chi connectivity index (χ1n) is 9.66. The van der Waals surface area contributed by atoms with Gasteiger partial charge in [0, 0.05) is 33.3 Å². The molecule has 5 nitrogen and oxygen atoms in total. The second-order valence-electron chi connectivity index (χ2n) is 8.66. The van der Waals surface area contributed by atoms with Crippen LogP contribution in [0.25, 0.3) is 0 Å². The van der Waals surface area contributed by atoms with E-state index in [0.29, 0.717) is 19.0 Å². The van der Waals surface area contributed by atoms with E-state index in [4.69, 9.17) is 4.74 Å². The summed E-state index contributed by atoms with van der Waals surface area (Å²) in [6, 6.07) is 0. The number of ether oxygens (including phenoxy) is 1. The monoisotopic (exact) mass is 334 g/mol. The second-order valence-corrected chi connectivity index (χ2v) is 8.66. The van der Waals surface area contributed by atoms with Crippen LogP contribution >= 0.6 is 0 Å². The molecule has 0 aromatic carbocycles. The summed E-state index contributed by atoms with van der Waals surface area (Å²) in [6.45, 7) is 3.03. The number of hydrogen-bond donors (Lipinski definition) is 0. The van der Waals surface area contributed by atoms with Gasteiger partial charge in [-0.2, -0.15) is 0 Å². The molecule has 0 aromatic rings. The molecule has 0 N–H and O–H groups in total. The van der Waals surface area contributed by atoms with Crippen LogP contribution in [0.3, 0.4) is 0 Å². The summed E-state index contributed by atoms with van der Waals surface area (Å²) in [6.07, 6.45) is 8.36. The minimum absolute atomic E-state index is 0.0432. The second kappa shape index (κ2) is 6.32. The van der Waals surface area contributed by atoms with E-state index in [0.717, 1.165) is 56.5 Å². The van der Waals surface area contributed by atoms with E-state index in [1.807, 2.05) is 4.90 Å². The fraction of sp³-hybridized carbons (Fsp3) is 0.895. The summed E-state index contributed by atoms with van der Waals surface area (Å²) in [5.74, 6) is 2.84. The van der Waals surface area contributed by atoms with E-state index in [1.165, 1.54) is 19.3 Å². The molecule has 0 aromatic heterocycles. The molecule has 5 aliphatic rings. The molecule has 24 heavy (non-hydrogen) atoms. The zero-order valence-corrected chi connectivity index (χ0v) is 14.8. The molecule has 4 bridgehead atoms. The fourth-order valence-electron chi connectivity index (χ4n) is 6.29.